The summed E-state index contributed by atoms with van der Waals surface area (Å²) < 4.78 is 22.6. The summed E-state index contributed by atoms with van der Waals surface area (Å²) in [4.78, 5) is 24.9. The van der Waals surface area contributed by atoms with E-state index in [1.165, 1.54) is 12.3 Å². The maximum Gasteiger partial charge on any atom is 0.339 e. The fourth-order valence-corrected chi connectivity index (χ4v) is 3.83. The van der Waals surface area contributed by atoms with Gasteiger partial charge in [0, 0.05) is 22.7 Å². The van der Waals surface area contributed by atoms with Crippen molar-refractivity contribution in [2.75, 3.05) is 18.2 Å². The number of para-hydroxylation sites is 1. The SMILES string of the molecule is C[S@](=O)c1ccccc1C(=O)OCC(=O)Nc1ccc2oc3ccccc3c2c1. The van der Waals surface area contributed by atoms with Crippen molar-refractivity contribution in [1.29, 1.82) is 0 Å². The fraction of sp³-hybridized carbons (Fsp3) is 0.0909. The van der Waals surface area contributed by atoms with Crippen molar-refractivity contribution in [1.82, 2.24) is 0 Å². The van der Waals surface area contributed by atoms with E-state index in [4.69, 9.17) is 9.15 Å². The van der Waals surface area contributed by atoms with Crippen molar-refractivity contribution in [3.8, 4) is 0 Å². The van der Waals surface area contributed by atoms with Gasteiger partial charge in [0.2, 0.25) is 0 Å². The summed E-state index contributed by atoms with van der Waals surface area (Å²) in [6.45, 7) is -0.451. The number of carbonyl (C=O) groups is 2. The lowest BCUT2D eigenvalue weighted by molar-refractivity contribution is -0.119. The summed E-state index contributed by atoms with van der Waals surface area (Å²) in [5.41, 5.74) is 2.25. The van der Waals surface area contributed by atoms with Crippen LogP contribution in [0.15, 0.2) is 76.0 Å². The van der Waals surface area contributed by atoms with E-state index in [0.29, 0.717) is 10.6 Å². The Hall–Kier alpha value is -3.45. The van der Waals surface area contributed by atoms with Gasteiger partial charge in [-0.25, -0.2) is 4.79 Å². The summed E-state index contributed by atoms with van der Waals surface area (Å²) in [5, 5.41) is 4.55. The van der Waals surface area contributed by atoms with E-state index in [2.05, 4.69) is 5.32 Å². The first kappa shape index (κ1) is 18.9. The number of rotatable bonds is 5. The standard InChI is InChI=1S/C22H17NO5S/c1-29(26)20-9-5-3-7-16(20)22(25)27-13-21(24)23-14-10-11-19-17(12-14)15-6-2-4-8-18(15)28-19/h2-12H,13H2,1H3,(H,23,24)/t29-/m0/s1. The minimum Gasteiger partial charge on any atom is -0.456 e. The van der Waals surface area contributed by atoms with Crippen molar-refractivity contribution in [2.45, 2.75) is 4.90 Å². The quantitative estimate of drug-likeness (QED) is 0.503. The first-order valence-electron chi connectivity index (χ1n) is 8.83. The van der Waals surface area contributed by atoms with Crippen molar-refractivity contribution in [3.05, 3.63) is 72.3 Å². The highest BCUT2D eigenvalue weighted by Gasteiger charge is 2.16. The minimum absolute atomic E-state index is 0.187. The molecule has 3 aromatic carbocycles. The molecule has 0 spiro atoms. The van der Waals surface area contributed by atoms with Gasteiger partial charge in [-0.1, -0.05) is 30.3 Å². The highest BCUT2D eigenvalue weighted by molar-refractivity contribution is 7.84. The Morgan fingerprint density at radius 1 is 0.966 bits per heavy atom. The van der Waals surface area contributed by atoms with Crippen LogP contribution in [-0.2, 0) is 20.3 Å². The zero-order valence-electron chi connectivity index (χ0n) is 15.5. The summed E-state index contributed by atoms with van der Waals surface area (Å²) in [6, 6.07) is 19.4. The number of amides is 1. The molecule has 0 saturated carbocycles. The topological polar surface area (TPSA) is 85.6 Å². The Morgan fingerprint density at radius 2 is 1.69 bits per heavy atom. The molecule has 1 heterocycles. The van der Waals surface area contributed by atoms with E-state index in [0.717, 1.165) is 21.9 Å². The zero-order chi connectivity index (χ0) is 20.4. The Balaban J connectivity index is 1.45. The molecule has 0 unspecified atom stereocenters. The molecule has 6 nitrogen and oxygen atoms in total. The van der Waals surface area contributed by atoms with E-state index >= 15 is 0 Å². The van der Waals surface area contributed by atoms with Crippen LogP contribution in [0.1, 0.15) is 10.4 Å². The molecule has 29 heavy (non-hydrogen) atoms. The summed E-state index contributed by atoms with van der Waals surface area (Å²) in [7, 11) is -1.34. The lowest BCUT2D eigenvalue weighted by atomic mass is 10.1. The molecule has 0 aliphatic heterocycles. The number of ether oxygens (including phenoxy) is 1. The summed E-state index contributed by atoms with van der Waals surface area (Å²) in [6.07, 6.45) is 1.48. The van der Waals surface area contributed by atoms with Gasteiger partial charge in [-0.2, -0.15) is 0 Å². The molecule has 0 bridgehead atoms. The normalized spacial score (nSPS) is 12.0. The maximum absolute atomic E-state index is 12.3. The summed E-state index contributed by atoms with van der Waals surface area (Å²) in [5.74, 6) is -1.16. The van der Waals surface area contributed by atoms with E-state index < -0.39 is 29.3 Å². The first-order chi connectivity index (χ1) is 14.0. The molecule has 7 heteroatoms. The van der Waals surface area contributed by atoms with Crippen molar-refractivity contribution < 1.29 is 23.0 Å². The molecule has 1 amide bonds. The molecule has 0 aliphatic rings. The second kappa shape index (κ2) is 7.89. The summed E-state index contributed by atoms with van der Waals surface area (Å²) >= 11 is 0. The predicted molar refractivity (Wildman–Crippen MR) is 111 cm³/mol. The zero-order valence-corrected chi connectivity index (χ0v) is 16.3. The molecule has 4 aromatic rings. The largest absolute Gasteiger partial charge is 0.456 e. The minimum atomic E-state index is -1.34. The fourth-order valence-electron chi connectivity index (χ4n) is 3.10. The van der Waals surface area contributed by atoms with Crippen LogP contribution in [0.2, 0.25) is 0 Å². The van der Waals surface area contributed by atoms with Crippen molar-refractivity contribution in [3.63, 3.8) is 0 Å². The number of esters is 1. The number of furan rings is 1. The van der Waals surface area contributed by atoms with Crippen LogP contribution in [0.3, 0.4) is 0 Å². The van der Waals surface area contributed by atoms with Gasteiger partial charge in [0.25, 0.3) is 5.91 Å². The van der Waals surface area contributed by atoms with Crippen molar-refractivity contribution in [2.24, 2.45) is 0 Å². The van der Waals surface area contributed by atoms with Crippen LogP contribution >= 0.6 is 0 Å². The average molecular weight is 407 g/mol. The van der Waals surface area contributed by atoms with Crippen LogP contribution in [-0.4, -0.2) is 28.9 Å². The lowest BCUT2D eigenvalue weighted by Crippen LogP contribution is -2.21. The molecule has 4 rings (SSSR count). The van der Waals surface area contributed by atoms with Gasteiger partial charge >= 0.3 is 5.97 Å². The van der Waals surface area contributed by atoms with Gasteiger partial charge in [-0.15, -0.1) is 0 Å². The third-order valence-corrected chi connectivity index (χ3v) is 5.39. The monoisotopic (exact) mass is 407 g/mol. The second-order valence-corrected chi connectivity index (χ2v) is 7.73. The predicted octanol–water partition coefficient (Wildman–Crippen LogP) is 4.12. The molecule has 0 fully saturated rings. The highest BCUT2D eigenvalue weighted by atomic mass is 32.2. The van der Waals surface area contributed by atoms with Crippen LogP contribution in [0.25, 0.3) is 21.9 Å². The van der Waals surface area contributed by atoms with E-state index in [1.54, 1.807) is 30.3 Å². The smallest absolute Gasteiger partial charge is 0.339 e. The van der Waals surface area contributed by atoms with E-state index in [1.807, 2.05) is 30.3 Å². The number of hydrogen-bond donors (Lipinski definition) is 1. The Kier molecular flexibility index (Phi) is 5.14. The van der Waals surface area contributed by atoms with Crippen LogP contribution in [0, 0.1) is 0 Å². The molecule has 0 radical (unpaired) electrons. The van der Waals surface area contributed by atoms with Gasteiger partial charge in [0.1, 0.15) is 11.2 Å². The van der Waals surface area contributed by atoms with E-state index in [-0.39, 0.29) is 5.56 Å². The number of fused-ring (bicyclic) bond motifs is 3. The Morgan fingerprint density at radius 3 is 2.52 bits per heavy atom. The molecule has 146 valence electrons. The van der Waals surface area contributed by atoms with Crippen LogP contribution in [0.4, 0.5) is 5.69 Å². The number of anilines is 1. The molecular formula is C22H17NO5S. The van der Waals surface area contributed by atoms with Gasteiger partial charge < -0.3 is 14.5 Å². The molecule has 1 aromatic heterocycles. The van der Waals surface area contributed by atoms with E-state index in [9.17, 15) is 13.8 Å². The molecule has 1 N–H and O–H groups in total. The number of carbonyl (C=O) groups excluding carboxylic acids is 2. The Bertz CT molecular complexity index is 1260. The van der Waals surface area contributed by atoms with Crippen LogP contribution < -0.4 is 5.32 Å². The number of benzene rings is 3. The molecule has 0 aliphatic carbocycles. The first-order valence-corrected chi connectivity index (χ1v) is 10.4. The number of hydrogen-bond acceptors (Lipinski definition) is 5. The molecule has 0 saturated heterocycles. The highest BCUT2D eigenvalue weighted by Crippen LogP contribution is 2.30. The number of nitrogens with one attached hydrogen (secondary N) is 1. The third-order valence-electron chi connectivity index (χ3n) is 4.41. The average Bonchev–Trinajstić information content (AvgIpc) is 3.10. The van der Waals surface area contributed by atoms with Gasteiger partial charge in [0.15, 0.2) is 6.61 Å². The van der Waals surface area contributed by atoms with Gasteiger partial charge in [0.05, 0.1) is 21.3 Å². The second-order valence-electron chi connectivity index (χ2n) is 6.38. The van der Waals surface area contributed by atoms with Gasteiger partial charge in [-0.3, -0.25) is 9.00 Å². The Labute approximate surface area is 168 Å². The molecular weight excluding hydrogens is 390 g/mol. The molecule has 1 atom stereocenters. The van der Waals surface area contributed by atoms with Gasteiger partial charge in [-0.05, 0) is 36.4 Å². The maximum atomic E-state index is 12.3. The van der Waals surface area contributed by atoms with Crippen LogP contribution in [0.5, 0.6) is 0 Å². The third kappa shape index (κ3) is 3.90. The lowest BCUT2D eigenvalue weighted by Gasteiger charge is -2.08. The van der Waals surface area contributed by atoms with Crippen molar-refractivity contribution >= 4 is 50.3 Å².